The van der Waals surface area contributed by atoms with Gasteiger partial charge in [-0.1, -0.05) is 32.7 Å². The molecule has 11 heavy (non-hydrogen) atoms. The Kier molecular flexibility index (Phi) is 10.5. The van der Waals surface area contributed by atoms with Crippen LogP contribution in [-0.4, -0.2) is 28.5 Å². The zero-order valence-electron chi connectivity index (χ0n) is 9.10. The maximum absolute atomic E-state index is 2.63. The topological polar surface area (TPSA) is 36.7 Å². The second-order valence-electron chi connectivity index (χ2n) is 3.88. The van der Waals surface area contributed by atoms with Crippen LogP contribution < -0.4 is 18.9 Å². The fourth-order valence-electron chi connectivity index (χ4n) is 0.775. The van der Waals surface area contributed by atoms with Crippen LogP contribution in [0.3, 0.4) is 0 Å². The maximum Gasteiger partial charge on any atom is 1.00 e. The largest absolute Gasteiger partial charge is 1.00 e. The van der Waals surface area contributed by atoms with Crippen molar-refractivity contribution >= 4 is 17.2 Å². The van der Waals surface area contributed by atoms with E-state index >= 15 is 0 Å². The summed E-state index contributed by atoms with van der Waals surface area (Å²) in [4.78, 5) is 0. The van der Waals surface area contributed by atoms with E-state index < -0.39 is 17.2 Å². The van der Waals surface area contributed by atoms with E-state index in [0.29, 0.717) is 0 Å². The van der Waals surface area contributed by atoms with Crippen molar-refractivity contribution in [2.45, 2.75) is 32.7 Å². The first-order valence-electron chi connectivity index (χ1n) is 3.58. The molecule has 5 heteroatoms. The summed E-state index contributed by atoms with van der Waals surface area (Å²) in [6.45, 7) is 12.0. The van der Waals surface area contributed by atoms with E-state index in [2.05, 4.69) is 44.0 Å². The van der Waals surface area contributed by atoms with Crippen LogP contribution in [0.2, 0.25) is 32.7 Å². The SMILES string of the molecule is CN([SiH](C)C)[Si](C)(C)C.[Li+].[NH2-]. The normalized spacial score (nSPS) is 10.9. The Balaban J connectivity index is -0.000000320. The molecule has 0 aliphatic rings. The zero-order chi connectivity index (χ0) is 7.65. The van der Waals surface area contributed by atoms with Crippen molar-refractivity contribution < 1.29 is 18.9 Å². The first-order valence-corrected chi connectivity index (χ1v) is 9.86. The molecule has 0 spiro atoms. The summed E-state index contributed by atoms with van der Waals surface area (Å²) in [5.74, 6) is 0. The number of nitrogens with two attached hydrogens (primary N) is 1. The molecule has 2 N–H and O–H groups in total. The smallest absolute Gasteiger partial charge is 0.693 e. The molecule has 64 valence electrons. The van der Waals surface area contributed by atoms with E-state index in [-0.39, 0.29) is 25.0 Å². The van der Waals surface area contributed by atoms with Gasteiger partial charge in [-0.2, -0.15) is 0 Å². The molecule has 0 amide bonds. The second kappa shape index (κ2) is 6.47. The molecule has 0 aliphatic heterocycles. The van der Waals surface area contributed by atoms with E-state index in [1.165, 1.54) is 0 Å². The Bertz CT molecular complexity index is 93.1. The molecule has 0 heterocycles. The Morgan fingerprint density at radius 1 is 1.09 bits per heavy atom. The van der Waals surface area contributed by atoms with Gasteiger partial charge in [0.1, 0.15) is 8.24 Å². The number of hydrogen-bond acceptors (Lipinski definition) is 1. The summed E-state index contributed by atoms with van der Waals surface area (Å²) in [6.07, 6.45) is 0. The molecule has 0 aliphatic carbocycles. The fraction of sp³-hybridized carbons (Fsp3) is 1.00. The molecule has 0 saturated heterocycles. The summed E-state index contributed by atoms with van der Waals surface area (Å²) in [5.41, 5.74) is 0. The molecule has 0 aromatic heterocycles. The van der Waals surface area contributed by atoms with Gasteiger partial charge in [0, 0.05) is 0 Å². The van der Waals surface area contributed by atoms with Gasteiger partial charge in [-0.05, 0) is 7.05 Å². The van der Waals surface area contributed by atoms with Gasteiger partial charge in [0.2, 0.25) is 0 Å². The summed E-state index contributed by atoms with van der Waals surface area (Å²) in [7, 11) is 0.858. The molecule has 0 radical (unpaired) electrons. The van der Waals surface area contributed by atoms with Crippen LogP contribution in [0.15, 0.2) is 0 Å². The van der Waals surface area contributed by atoms with Gasteiger partial charge in [0.15, 0.2) is 0 Å². The van der Waals surface area contributed by atoms with Crippen molar-refractivity contribution in [3.8, 4) is 0 Å². The van der Waals surface area contributed by atoms with Crippen molar-refractivity contribution in [1.82, 2.24) is 4.23 Å². The van der Waals surface area contributed by atoms with Gasteiger partial charge in [0.05, 0.1) is 8.96 Å². The van der Waals surface area contributed by atoms with E-state index in [4.69, 9.17) is 0 Å². The summed E-state index contributed by atoms with van der Waals surface area (Å²) in [6, 6.07) is 0. The van der Waals surface area contributed by atoms with Crippen LogP contribution in [0.5, 0.6) is 0 Å². The average Bonchev–Trinajstić information content (AvgIpc) is 1.62. The van der Waals surface area contributed by atoms with E-state index in [1.807, 2.05) is 0 Å². The minimum atomic E-state index is -0.929. The molecule has 0 aromatic carbocycles. The van der Waals surface area contributed by atoms with Crippen molar-refractivity contribution in [3.63, 3.8) is 0 Å². The van der Waals surface area contributed by atoms with Crippen LogP contribution in [-0.2, 0) is 0 Å². The number of nitrogens with zero attached hydrogens (tertiary/aromatic N) is 1. The molecular formula is C6H21LiN2Si2. The minimum absolute atomic E-state index is 0. The standard InChI is InChI=1S/C6H19NSi2.Li.H2N/c1-7(8(2)3)9(4,5)6;;/h8H,1-6H3;;1H2/q;+1;-1. The van der Waals surface area contributed by atoms with Crippen molar-refractivity contribution in [1.29, 1.82) is 0 Å². The molecule has 0 rings (SSSR count). The van der Waals surface area contributed by atoms with Crippen LogP contribution in [0.25, 0.3) is 6.15 Å². The number of rotatable bonds is 2. The van der Waals surface area contributed by atoms with Gasteiger partial charge >= 0.3 is 18.9 Å². The number of hydrogen-bond donors (Lipinski definition) is 0. The first-order chi connectivity index (χ1) is 3.85. The molecule has 0 atom stereocenters. The maximum atomic E-state index is 2.63. The van der Waals surface area contributed by atoms with Crippen molar-refractivity contribution in [2.24, 2.45) is 0 Å². The van der Waals surface area contributed by atoms with Crippen LogP contribution in [0.1, 0.15) is 0 Å². The Labute approximate surface area is 86.3 Å². The molecular weight excluding hydrogens is 163 g/mol. The predicted octanol–water partition coefficient (Wildman–Crippen LogP) is -0.542. The molecule has 0 saturated carbocycles. The van der Waals surface area contributed by atoms with Crippen LogP contribution in [0, 0.1) is 0 Å². The van der Waals surface area contributed by atoms with E-state index in [9.17, 15) is 0 Å². The summed E-state index contributed by atoms with van der Waals surface area (Å²) < 4.78 is 2.63. The molecule has 0 fully saturated rings. The second-order valence-corrected chi connectivity index (χ2v) is 12.4. The molecule has 0 unspecified atom stereocenters. The quantitative estimate of drug-likeness (QED) is 0.531. The first kappa shape index (κ1) is 17.9. The third kappa shape index (κ3) is 7.32. The Morgan fingerprint density at radius 2 is 1.36 bits per heavy atom. The van der Waals surface area contributed by atoms with Gasteiger partial charge < -0.3 is 10.4 Å². The molecule has 2 nitrogen and oxygen atoms in total. The van der Waals surface area contributed by atoms with E-state index in [1.54, 1.807) is 0 Å². The molecule has 0 bridgehead atoms. The van der Waals surface area contributed by atoms with Crippen LogP contribution >= 0.6 is 0 Å². The Morgan fingerprint density at radius 3 is 1.36 bits per heavy atom. The summed E-state index contributed by atoms with van der Waals surface area (Å²) >= 11 is 0. The fourth-order valence-corrected chi connectivity index (χ4v) is 6.97. The van der Waals surface area contributed by atoms with Gasteiger partial charge in [-0.15, -0.1) is 0 Å². The predicted molar refractivity (Wildman–Crippen MR) is 55.3 cm³/mol. The Hall–Kier alpha value is 0.951. The summed E-state index contributed by atoms with van der Waals surface area (Å²) in [5, 5.41) is 0. The van der Waals surface area contributed by atoms with Gasteiger partial charge in [0.25, 0.3) is 0 Å². The molecule has 0 aromatic rings. The van der Waals surface area contributed by atoms with Gasteiger partial charge in [-0.3, -0.25) is 0 Å². The third-order valence-electron chi connectivity index (χ3n) is 1.83. The average molecular weight is 184 g/mol. The van der Waals surface area contributed by atoms with Gasteiger partial charge in [-0.25, -0.2) is 0 Å². The monoisotopic (exact) mass is 184 g/mol. The van der Waals surface area contributed by atoms with Crippen molar-refractivity contribution in [3.05, 3.63) is 6.15 Å². The zero-order valence-corrected chi connectivity index (χ0v) is 11.3. The minimum Gasteiger partial charge on any atom is -0.693 e. The van der Waals surface area contributed by atoms with Crippen molar-refractivity contribution in [2.75, 3.05) is 7.05 Å². The third-order valence-corrected chi connectivity index (χ3v) is 9.37. The van der Waals surface area contributed by atoms with E-state index in [0.717, 1.165) is 0 Å². The van der Waals surface area contributed by atoms with Crippen LogP contribution in [0.4, 0.5) is 0 Å².